The highest BCUT2D eigenvalue weighted by molar-refractivity contribution is 5.62. The van der Waals surface area contributed by atoms with E-state index >= 15 is 0 Å². The summed E-state index contributed by atoms with van der Waals surface area (Å²) in [5, 5.41) is 10.3. The number of carboxylic acid groups (broad SMARTS) is 1. The fraction of sp³-hybridized carbons (Fsp3) is 0.400. The van der Waals surface area contributed by atoms with Crippen molar-refractivity contribution in [1.82, 2.24) is 0 Å². The molecule has 0 unspecified atom stereocenters. The summed E-state index contributed by atoms with van der Waals surface area (Å²) >= 11 is 0. The van der Waals surface area contributed by atoms with Crippen LogP contribution in [0.5, 0.6) is 0 Å². The Bertz CT molecular complexity index is 290. The number of carbonyl (C=O) groups is 1. The predicted molar refractivity (Wildman–Crippen MR) is 45.7 cm³/mol. The monoisotopic (exact) mass is 179 g/mol. The lowest BCUT2D eigenvalue weighted by Crippen LogP contribution is -2.43. The minimum Gasteiger partial charge on any atom is -0.544 e. The van der Waals surface area contributed by atoms with Gasteiger partial charge in [-0.15, -0.1) is 0 Å². The third kappa shape index (κ3) is 2.86. The Hall–Kier alpha value is -1.38. The van der Waals surface area contributed by atoms with Crippen molar-refractivity contribution in [3.8, 4) is 0 Å². The zero-order chi connectivity index (χ0) is 9.84. The van der Waals surface area contributed by atoms with E-state index in [0.717, 1.165) is 0 Å². The molecule has 0 amide bonds. The number of carbonyl (C=O) groups excluding carboxylic acids is 1. The van der Waals surface area contributed by atoms with Crippen LogP contribution in [0.4, 0.5) is 0 Å². The molecule has 0 spiro atoms. The first kappa shape index (κ1) is 9.71. The van der Waals surface area contributed by atoms with E-state index in [9.17, 15) is 9.90 Å². The van der Waals surface area contributed by atoms with Crippen LogP contribution in [0.1, 0.15) is 25.3 Å². The van der Waals surface area contributed by atoms with Gasteiger partial charge >= 0.3 is 0 Å². The van der Waals surface area contributed by atoms with Gasteiger partial charge in [-0.3, -0.25) is 0 Å². The molecular weight excluding hydrogens is 166 g/mol. The Morgan fingerprint density at radius 2 is 2.00 bits per heavy atom. The highest BCUT2D eigenvalue weighted by atomic mass is 16.4. The fourth-order valence-corrected chi connectivity index (χ4v) is 1.11. The molecule has 0 radical (unpaired) electrons. The SMILES string of the molecule is CC(C)c1cc[n+](CC(=O)[O-])cc1. The highest BCUT2D eigenvalue weighted by Gasteiger charge is 2.03. The molecule has 0 fully saturated rings. The Morgan fingerprint density at radius 3 is 2.38 bits per heavy atom. The van der Waals surface area contributed by atoms with E-state index in [1.807, 2.05) is 12.1 Å². The number of aromatic nitrogens is 1. The van der Waals surface area contributed by atoms with Crippen LogP contribution in [-0.4, -0.2) is 5.97 Å². The summed E-state index contributed by atoms with van der Waals surface area (Å²) in [5.74, 6) is -0.597. The van der Waals surface area contributed by atoms with Crippen LogP contribution in [0.25, 0.3) is 0 Å². The number of hydrogen-bond donors (Lipinski definition) is 0. The van der Waals surface area contributed by atoms with E-state index in [4.69, 9.17) is 0 Å². The minimum absolute atomic E-state index is 0.0849. The molecule has 1 heterocycles. The zero-order valence-corrected chi connectivity index (χ0v) is 7.86. The fourth-order valence-electron chi connectivity index (χ4n) is 1.11. The van der Waals surface area contributed by atoms with Crippen molar-refractivity contribution in [2.24, 2.45) is 0 Å². The topological polar surface area (TPSA) is 44.0 Å². The van der Waals surface area contributed by atoms with Gasteiger partial charge in [0, 0.05) is 12.1 Å². The lowest BCUT2D eigenvalue weighted by molar-refractivity contribution is -0.690. The molecule has 0 aliphatic rings. The van der Waals surface area contributed by atoms with Crippen molar-refractivity contribution >= 4 is 5.97 Å². The quantitative estimate of drug-likeness (QED) is 0.605. The second-order valence-electron chi connectivity index (χ2n) is 3.33. The van der Waals surface area contributed by atoms with E-state index in [2.05, 4.69) is 13.8 Å². The molecule has 0 aliphatic carbocycles. The number of rotatable bonds is 3. The molecule has 70 valence electrons. The maximum Gasteiger partial charge on any atom is 0.187 e. The first-order valence-electron chi connectivity index (χ1n) is 4.28. The molecule has 1 aromatic rings. The van der Waals surface area contributed by atoms with Gasteiger partial charge in [-0.05, 0) is 11.5 Å². The summed E-state index contributed by atoms with van der Waals surface area (Å²) in [4.78, 5) is 10.3. The van der Waals surface area contributed by atoms with E-state index in [1.54, 1.807) is 17.0 Å². The van der Waals surface area contributed by atoms with Crippen LogP contribution >= 0.6 is 0 Å². The number of nitrogens with zero attached hydrogens (tertiary/aromatic N) is 1. The molecule has 0 bridgehead atoms. The van der Waals surface area contributed by atoms with Crippen molar-refractivity contribution in [2.45, 2.75) is 26.3 Å². The molecule has 13 heavy (non-hydrogen) atoms. The first-order valence-corrected chi connectivity index (χ1v) is 4.28. The van der Waals surface area contributed by atoms with E-state index in [1.165, 1.54) is 5.56 Å². The summed E-state index contributed by atoms with van der Waals surface area (Å²) in [6.07, 6.45) is 3.51. The van der Waals surface area contributed by atoms with E-state index < -0.39 is 5.97 Å². The van der Waals surface area contributed by atoms with Crippen molar-refractivity contribution in [3.05, 3.63) is 30.1 Å². The van der Waals surface area contributed by atoms with E-state index in [-0.39, 0.29) is 6.54 Å². The molecule has 1 rings (SSSR count). The Labute approximate surface area is 77.6 Å². The van der Waals surface area contributed by atoms with Gasteiger partial charge in [-0.2, -0.15) is 4.57 Å². The molecule has 3 nitrogen and oxygen atoms in total. The maximum absolute atomic E-state index is 10.3. The number of hydrogen-bond acceptors (Lipinski definition) is 2. The van der Waals surface area contributed by atoms with Crippen LogP contribution in [-0.2, 0) is 11.3 Å². The highest BCUT2D eigenvalue weighted by Crippen LogP contribution is 2.10. The summed E-state index contributed by atoms with van der Waals surface area (Å²) in [6.45, 7) is 4.11. The van der Waals surface area contributed by atoms with Crippen LogP contribution < -0.4 is 9.67 Å². The molecule has 0 aromatic carbocycles. The van der Waals surface area contributed by atoms with Crippen molar-refractivity contribution in [3.63, 3.8) is 0 Å². The summed E-state index contributed by atoms with van der Waals surface area (Å²) in [6, 6.07) is 3.85. The van der Waals surface area contributed by atoms with Crippen molar-refractivity contribution < 1.29 is 14.5 Å². The lowest BCUT2D eigenvalue weighted by Gasteiger charge is -2.03. The van der Waals surface area contributed by atoms with Crippen LogP contribution in [0.2, 0.25) is 0 Å². The minimum atomic E-state index is -1.07. The normalized spacial score (nSPS) is 10.4. The number of pyridine rings is 1. The summed E-state index contributed by atoms with van der Waals surface area (Å²) in [5.41, 5.74) is 1.20. The predicted octanol–water partition coefficient (Wildman–Crippen LogP) is -0.153. The average molecular weight is 179 g/mol. The molecule has 0 atom stereocenters. The molecular formula is C10H13NO2. The first-order chi connectivity index (χ1) is 6.09. The second-order valence-corrected chi connectivity index (χ2v) is 3.33. The van der Waals surface area contributed by atoms with Gasteiger partial charge in [0.1, 0.15) is 5.97 Å². The molecule has 3 heteroatoms. The van der Waals surface area contributed by atoms with Crippen molar-refractivity contribution in [2.75, 3.05) is 0 Å². The van der Waals surface area contributed by atoms with E-state index in [0.29, 0.717) is 5.92 Å². The third-order valence-electron chi connectivity index (χ3n) is 1.90. The molecule has 1 aromatic heterocycles. The smallest absolute Gasteiger partial charge is 0.187 e. The average Bonchev–Trinajstić information content (AvgIpc) is 2.04. The van der Waals surface area contributed by atoms with Gasteiger partial charge < -0.3 is 9.90 Å². The van der Waals surface area contributed by atoms with Crippen molar-refractivity contribution in [1.29, 1.82) is 0 Å². The maximum atomic E-state index is 10.3. The number of aliphatic carboxylic acids is 1. The third-order valence-corrected chi connectivity index (χ3v) is 1.90. The summed E-state index contributed by atoms with van der Waals surface area (Å²) in [7, 11) is 0. The largest absolute Gasteiger partial charge is 0.544 e. The van der Waals surface area contributed by atoms with Gasteiger partial charge in [-0.25, -0.2) is 0 Å². The second kappa shape index (κ2) is 4.03. The van der Waals surface area contributed by atoms with Crippen LogP contribution in [0, 0.1) is 0 Å². The standard InChI is InChI=1S/C10H13NO2/c1-8(2)9-3-5-11(6-4-9)7-10(12)13/h3-6,8H,7H2,1-2H3. The Kier molecular flexibility index (Phi) is 3.01. The molecule has 0 N–H and O–H groups in total. The van der Waals surface area contributed by atoms with Gasteiger partial charge in [0.2, 0.25) is 0 Å². The molecule has 0 saturated heterocycles. The Morgan fingerprint density at radius 1 is 1.46 bits per heavy atom. The molecule has 0 aliphatic heterocycles. The number of carboxylic acids is 1. The van der Waals surface area contributed by atoms with Gasteiger partial charge in [0.05, 0.1) is 0 Å². The van der Waals surface area contributed by atoms with Gasteiger partial charge in [0.25, 0.3) is 0 Å². The lowest BCUT2D eigenvalue weighted by atomic mass is 10.1. The summed E-state index contributed by atoms with van der Waals surface area (Å²) < 4.78 is 1.58. The van der Waals surface area contributed by atoms with Gasteiger partial charge in [0.15, 0.2) is 18.9 Å². The van der Waals surface area contributed by atoms with Gasteiger partial charge in [-0.1, -0.05) is 13.8 Å². The Balaban J connectivity index is 2.75. The zero-order valence-electron chi connectivity index (χ0n) is 7.86. The van der Waals surface area contributed by atoms with Crippen LogP contribution in [0.15, 0.2) is 24.5 Å². The van der Waals surface area contributed by atoms with Crippen LogP contribution in [0.3, 0.4) is 0 Å². The molecule has 0 saturated carbocycles.